The van der Waals surface area contributed by atoms with Crippen molar-refractivity contribution >= 4 is 11.9 Å². The average Bonchev–Trinajstić information content (AvgIpc) is 2.73. The minimum Gasteiger partial charge on any atom is -0.493 e. The van der Waals surface area contributed by atoms with Crippen molar-refractivity contribution in [3.8, 4) is 11.5 Å². The van der Waals surface area contributed by atoms with Gasteiger partial charge in [0.15, 0.2) is 11.5 Å². The number of carboxylic acid groups (broad SMARTS) is 2. The van der Waals surface area contributed by atoms with Gasteiger partial charge in [-0.25, -0.2) is 9.59 Å². The molecule has 1 aliphatic heterocycles. The quantitative estimate of drug-likeness (QED) is 0.336. The zero-order chi connectivity index (χ0) is 22.4. The monoisotopic (exact) mass is 421 g/mol. The van der Waals surface area contributed by atoms with Crippen molar-refractivity contribution in [1.29, 1.82) is 0 Å². The van der Waals surface area contributed by atoms with Crippen LogP contribution in [0.1, 0.15) is 44.6 Å². The Hall–Kier alpha value is -2.54. The van der Waals surface area contributed by atoms with E-state index in [9.17, 15) is 0 Å². The Bertz CT molecular complexity index is 656. The van der Waals surface area contributed by atoms with Gasteiger partial charge < -0.3 is 24.6 Å². The highest BCUT2D eigenvalue weighted by Gasteiger charge is 2.14. The molecule has 0 amide bonds. The Balaban J connectivity index is 0.000000656. The zero-order valence-corrected chi connectivity index (χ0v) is 18.1. The summed E-state index contributed by atoms with van der Waals surface area (Å²) in [6.07, 6.45) is 9.08. The number of allylic oxidation sites excluding steroid dienone is 1. The number of unbranched alkanes of at least 4 members (excludes halogenated alkanes) is 2. The molecule has 1 saturated heterocycles. The van der Waals surface area contributed by atoms with Gasteiger partial charge in [-0.15, -0.1) is 6.58 Å². The van der Waals surface area contributed by atoms with Crippen LogP contribution in [0.2, 0.25) is 0 Å². The van der Waals surface area contributed by atoms with E-state index in [1.165, 1.54) is 50.9 Å². The molecule has 0 saturated carbocycles. The number of likely N-dealkylation sites (tertiary alicyclic amines) is 1. The van der Waals surface area contributed by atoms with E-state index in [-0.39, 0.29) is 0 Å². The maximum atomic E-state index is 9.10. The summed E-state index contributed by atoms with van der Waals surface area (Å²) in [6, 6.07) is 6.12. The van der Waals surface area contributed by atoms with Crippen molar-refractivity contribution in [1.82, 2.24) is 4.90 Å². The molecule has 0 unspecified atom stereocenters. The lowest BCUT2D eigenvalue weighted by Crippen LogP contribution is -2.33. The molecule has 2 N–H and O–H groups in total. The predicted octanol–water partition coefficient (Wildman–Crippen LogP) is 3.86. The number of carboxylic acids is 2. The van der Waals surface area contributed by atoms with Gasteiger partial charge in [0.1, 0.15) is 0 Å². The second-order valence-corrected chi connectivity index (χ2v) is 7.52. The smallest absolute Gasteiger partial charge is 0.414 e. The Labute approximate surface area is 179 Å². The summed E-state index contributed by atoms with van der Waals surface area (Å²) in [4.78, 5) is 20.8. The lowest BCUT2D eigenvalue weighted by Gasteiger charge is -2.30. The van der Waals surface area contributed by atoms with Crippen molar-refractivity contribution in [3.05, 3.63) is 36.4 Å². The van der Waals surface area contributed by atoms with Crippen LogP contribution in [0.25, 0.3) is 0 Å². The normalized spacial score (nSPS) is 14.3. The first-order chi connectivity index (χ1) is 14.4. The van der Waals surface area contributed by atoms with Gasteiger partial charge in [-0.05, 0) is 81.8 Å². The molecule has 1 aromatic carbocycles. The first kappa shape index (κ1) is 25.5. The molecule has 0 aromatic heterocycles. The van der Waals surface area contributed by atoms with Crippen LogP contribution in [0, 0.1) is 5.92 Å². The van der Waals surface area contributed by atoms with Crippen LogP contribution < -0.4 is 9.47 Å². The molecule has 2 rings (SSSR count). The maximum absolute atomic E-state index is 9.10. The minimum absolute atomic E-state index is 0.758. The van der Waals surface area contributed by atoms with Crippen LogP contribution in [0.4, 0.5) is 0 Å². The van der Waals surface area contributed by atoms with Gasteiger partial charge in [-0.3, -0.25) is 0 Å². The molecule has 0 aliphatic carbocycles. The van der Waals surface area contributed by atoms with Crippen molar-refractivity contribution in [2.75, 3.05) is 33.4 Å². The zero-order valence-electron chi connectivity index (χ0n) is 18.1. The lowest BCUT2D eigenvalue weighted by atomic mass is 9.99. The lowest BCUT2D eigenvalue weighted by molar-refractivity contribution is -0.159. The molecular weight excluding hydrogens is 386 g/mol. The van der Waals surface area contributed by atoms with E-state index >= 15 is 0 Å². The molecule has 7 nitrogen and oxygen atoms in total. The number of benzene rings is 1. The van der Waals surface area contributed by atoms with E-state index in [1.54, 1.807) is 7.11 Å². The van der Waals surface area contributed by atoms with Crippen molar-refractivity contribution in [2.45, 2.75) is 45.4 Å². The van der Waals surface area contributed by atoms with Crippen molar-refractivity contribution in [2.24, 2.45) is 5.92 Å². The number of ether oxygens (including phenoxy) is 2. The first-order valence-corrected chi connectivity index (χ1v) is 10.5. The molecule has 0 bridgehead atoms. The molecule has 30 heavy (non-hydrogen) atoms. The summed E-state index contributed by atoms with van der Waals surface area (Å²) in [5.74, 6) is -1.07. The number of hydrogen-bond acceptors (Lipinski definition) is 5. The van der Waals surface area contributed by atoms with E-state index in [1.807, 2.05) is 18.2 Å². The van der Waals surface area contributed by atoms with E-state index in [0.29, 0.717) is 0 Å². The highest BCUT2D eigenvalue weighted by Crippen LogP contribution is 2.28. The fraction of sp³-hybridized carbons (Fsp3) is 0.565. The van der Waals surface area contributed by atoms with Crippen LogP contribution in [-0.4, -0.2) is 60.4 Å². The highest BCUT2D eigenvalue weighted by atomic mass is 16.5. The van der Waals surface area contributed by atoms with Gasteiger partial charge in [0.2, 0.25) is 0 Å². The molecule has 7 heteroatoms. The van der Waals surface area contributed by atoms with E-state index in [0.717, 1.165) is 36.9 Å². The summed E-state index contributed by atoms with van der Waals surface area (Å²) < 4.78 is 11.3. The number of methoxy groups -OCH3 is 1. The Morgan fingerprint density at radius 1 is 1.13 bits per heavy atom. The van der Waals surface area contributed by atoms with Gasteiger partial charge in [0.05, 0.1) is 13.7 Å². The Morgan fingerprint density at radius 2 is 1.80 bits per heavy atom. The standard InChI is InChI=1S/C21H33NO2.C2H2O4/c1-4-8-19-9-10-20(21(17-19)23-3)24-16-7-5-6-13-22-14-11-18(2)12-15-22;3-1(4)2(5)6/h4,9-10,17-18H,1,5-8,11-16H2,2-3H3;(H,3,4)(H,5,6). The molecule has 168 valence electrons. The van der Waals surface area contributed by atoms with Gasteiger partial charge in [0, 0.05) is 0 Å². The fourth-order valence-corrected chi connectivity index (χ4v) is 3.21. The highest BCUT2D eigenvalue weighted by molar-refractivity contribution is 6.27. The van der Waals surface area contributed by atoms with E-state index in [2.05, 4.69) is 24.5 Å². The van der Waals surface area contributed by atoms with Crippen LogP contribution >= 0.6 is 0 Å². The third-order valence-electron chi connectivity index (χ3n) is 5.04. The topological polar surface area (TPSA) is 96.3 Å². The van der Waals surface area contributed by atoms with Crippen molar-refractivity contribution in [3.63, 3.8) is 0 Å². The van der Waals surface area contributed by atoms with E-state index < -0.39 is 11.9 Å². The first-order valence-electron chi connectivity index (χ1n) is 10.5. The molecule has 1 aromatic rings. The number of piperidine rings is 1. The number of aliphatic carboxylic acids is 2. The van der Waals surface area contributed by atoms with Crippen LogP contribution in [0.5, 0.6) is 11.5 Å². The molecule has 0 atom stereocenters. The largest absolute Gasteiger partial charge is 0.493 e. The predicted molar refractivity (Wildman–Crippen MR) is 116 cm³/mol. The second kappa shape index (κ2) is 14.4. The third kappa shape index (κ3) is 10.3. The molecule has 0 spiro atoms. The number of rotatable bonds is 10. The summed E-state index contributed by atoms with van der Waals surface area (Å²) in [6.45, 7) is 10.7. The van der Waals surface area contributed by atoms with Crippen LogP contribution in [0.3, 0.4) is 0 Å². The molecule has 1 aliphatic rings. The average molecular weight is 422 g/mol. The summed E-state index contributed by atoms with van der Waals surface area (Å²) in [5, 5.41) is 14.8. The minimum atomic E-state index is -1.82. The summed E-state index contributed by atoms with van der Waals surface area (Å²) in [7, 11) is 1.69. The van der Waals surface area contributed by atoms with Gasteiger partial charge in [-0.2, -0.15) is 0 Å². The number of hydrogen-bond donors (Lipinski definition) is 2. The SMILES string of the molecule is C=CCc1ccc(OCCCCCN2CCC(C)CC2)c(OC)c1.O=C(O)C(=O)O. The van der Waals surface area contributed by atoms with Crippen LogP contribution in [-0.2, 0) is 16.0 Å². The van der Waals surface area contributed by atoms with Crippen molar-refractivity contribution < 1.29 is 29.3 Å². The summed E-state index contributed by atoms with van der Waals surface area (Å²) in [5.41, 5.74) is 1.20. The third-order valence-corrected chi connectivity index (χ3v) is 5.04. The van der Waals surface area contributed by atoms with Gasteiger partial charge in [0.25, 0.3) is 0 Å². The number of nitrogens with zero attached hydrogens (tertiary/aromatic N) is 1. The molecule has 1 fully saturated rings. The molecule has 0 radical (unpaired) electrons. The van der Waals surface area contributed by atoms with Gasteiger partial charge >= 0.3 is 11.9 Å². The fourth-order valence-electron chi connectivity index (χ4n) is 3.21. The molecule has 1 heterocycles. The van der Waals surface area contributed by atoms with Gasteiger partial charge in [-0.1, -0.05) is 19.1 Å². The Morgan fingerprint density at radius 3 is 2.37 bits per heavy atom. The Kier molecular flexibility index (Phi) is 12.3. The van der Waals surface area contributed by atoms with E-state index in [4.69, 9.17) is 29.3 Å². The van der Waals surface area contributed by atoms with Crippen LogP contribution in [0.15, 0.2) is 30.9 Å². The molecular formula is C23H35NO6. The maximum Gasteiger partial charge on any atom is 0.414 e. The summed E-state index contributed by atoms with van der Waals surface area (Å²) >= 11 is 0. The second-order valence-electron chi connectivity index (χ2n) is 7.52. The number of carbonyl (C=O) groups is 2.